The average Bonchev–Trinajstić information content (AvgIpc) is 2.89. The van der Waals surface area contributed by atoms with Crippen molar-refractivity contribution < 1.29 is 27.4 Å². The first-order valence-electron chi connectivity index (χ1n) is 9.86. The Morgan fingerprint density at radius 1 is 1.36 bits per heavy atom. The van der Waals surface area contributed by atoms with Gasteiger partial charge in [0, 0.05) is 26.1 Å². The van der Waals surface area contributed by atoms with Crippen LogP contribution in [-0.4, -0.2) is 86.1 Å². The molecule has 0 spiro atoms. The van der Waals surface area contributed by atoms with Gasteiger partial charge in [-0.1, -0.05) is 20.8 Å². The van der Waals surface area contributed by atoms with E-state index in [1.165, 1.54) is 16.3 Å². The van der Waals surface area contributed by atoms with E-state index in [1.54, 1.807) is 0 Å². The zero-order valence-electron chi connectivity index (χ0n) is 18.2. The summed E-state index contributed by atoms with van der Waals surface area (Å²) in [7, 11) is -1.85. The van der Waals surface area contributed by atoms with Gasteiger partial charge in [-0.05, 0) is 32.1 Å². The largest absolute Gasteiger partial charge is 0.388 e. The summed E-state index contributed by atoms with van der Waals surface area (Å²) in [6.07, 6.45) is -0.856. The fourth-order valence-electron chi connectivity index (χ4n) is 3.53. The molecule has 0 radical (unpaired) electrons. The maximum absolute atomic E-state index is 13.6. The lowest BCUT2D eigenvalue weighted by Gasteiger charge is -2.39. The molecule has 0 saturated carbocycles. The van der Waals surface area contributed by atoms with Crippen molar-refractivity contribution in [1.82, 2.24) is 9.21 Å². The number of carbonyl (C=O) groups is 1. The fraction of sp³-hybridized carbons (Fsp3) is 0.947. The Morgan fingerprint density at radius 3 is 2.32 bits per heavy atom. The van der Waals surface area contributed by atoms with Crippen molar-refractivity contribution in [2.24, 2.45) is 11.3 Å². The number of sulfonamides is 1. The van der Waals surface area contributed by atoms with Crippen LogP contribution in [-0.2, 0) is 19.6 Å². The number of amides is 1. The summed E-state index contributed by atoms with van der Waals surface area (Å²) < 4.78 is 44.6. The second-order valence-electron chi connectivity index (χ2n) is 8.84. The van der Waals surface area contributed by atoms with Crippen LogP contribution in [0.3, 0.4) is 0 Å². The Bertz CT molecular complexity index is 616. The van der Waals surface area contributed by atoms with Gasteiger partial charge < -0.3 is 14.7 Å². The van der Waals surface area contributed by atoms with Gasteiger partial charge in [-0.3, -0.25) is 4.79 Å². The topological polar surface area (TPSA) is 87.2 Å². The molecule has 1 heterocycles. The van der Waals surface area contributed by atoms with Gasteiger partial charge in [0.2, 0.25) is 15.9 Å². The van der Waals surface area contributed by atoms with Crippen molar-refractivity contribution in [3.63, 3.8) is 0 Å². The monoisotopic (exact) mass is 424 g/mol. The molecule has 28 heavy (non-hydrogen) atoms. The number of likely N-dealkylation sites (N-methyl/N-ethyl adjacent to an activating group) is 1. The number of aliphatic hydroxyl groups excluding tert-OH is 1. The standard InChI is InChI=1S/C19H37FN2O5S/c1-8-14(18(24)22-10-15(20)16(23)11-22)9-19(4,5)17(27-13(2)3)12-21(6)28(7,25)26/h13-17,23H,8-12H2,1-7H3. The molecule has 4 atom stereocenters. The number of aliphatic hydroxyl groups is 1. The molecular weight excluding hydrogens is 387 g/mol. The third-order valence-electron chi connectivity index (χ3n) is 5.44. The normalized spacial score (nSPS) is 23.5. The predicted octanol–water partition coefficient (Wildman–Crippen LogP) is 1.66. The van der Waals surface area contributed by atoms with E-state index in [-0.39, 0.29) is 37.6 Å². The van der Waals surface area contributed by atoms with E-state index < -0.39 is 33.8 Å². The minimum atomic E-state index is -3.36. The first-order chi connectivity index (χ1) is 12.7. The molecule has 1 amide bonds. The number of likely N-dealkylation sites (tertiary alicyclic amines) is 1. The molecule has 7 nitrogen and oxygen atoms in total. The van der Waals surface area contributed by atoms with Crippen LogP contribution >= 0.6 is 0 Å². The summed E-state index contributed by atoms with van der Waals surface area (Å²) >= 11 is 0. The number of nitrogens with zero attached hydrogens (tertiary/aromatic N) is 2. The van der Waals surface area contributed by atoms with Crippen LogP contribution < -0.4 is 0 Å². The SMILES string of the molecule is CCC(CC(C)(C)C(CN(C)S(C)(=O)=O)OC(C)C)C(=O)N1CC(O)C(F)C1. The molecule has 9 heteroatoms. The van der Waals surface area contributed by atoms with E-state index in [9.17, 15) is 22.7 Å². The predicted molar refractivity (Wildman–Crippen MR) is 107 cm³/mol. The average molecular weight is 425 g/mol. The van der Waals surface area contributed by atoms with Gasteiger partial charge in [-0.15, -0.1) is 0 Å². The van der Waals surface area contributed by atoms with Crippen molar-refractivity contribution in [3.8, 4) is 0 Å². The van der Waals surface area contributed by atoms with E-state index in [0.717, 1.165) is 6.26 Å². The molecular formula is C19H37FN2O5S. The Morgan fingerprint density at radius 2 is 1.93 bits per heavy atom. The molecule has 1 saturated heterocycles. The number of ether oxygens (including phenoxy) is 1. The van der Waals surface area contributed by atoms with Crippen molar-refractivity contribution in [3.05, 3.63) is 0 Å². The summed E-state index contributed by atoms with van der Waals surface area (Å²) in [5.74, 6) is -0.524. The quantitative estimate of drug-likeness (QED) is 0.576. The van der Waals surface area contributed by atoms with Crippen LogP contribution in [0, 0.1) is 11.3 Å². The van der Waals surface area contributed by atoms with Crippen LogP contribution in [0.2, 0.25) is 0 Å². The molecule has 0 aromatic heterocycles. The summed E-state index contributed by atoms with van der Waals surface area (Å²) in [5.41, 5.74) is -0.493. The molecule has 0 aliphatic carbocycles. The Labute approximate surface area is 169 Å². The van der Waals surface area contributed by atoms with Crippen LogP contribution in [0.4, 0.5) is 4.39 Å². The Hall–Kier alpha value is -0.770. The molecule has 1 aliphatic rings. The zero-order chi connectivity index (χ0) is 21.9. The minimum absolute atomic E-state index is 0.0136. The minimum Gasteiger partial charge on any atom is -0.388 e. The summed E-state index contributed by atoms with van der Waals surface area (Å²) in [4.78, 5) is 14.3. The van der Waals surface area contributed by atoms with Crippen LogP contribution in [0.1, 0.15) is 47.5 Å². The number of hydrogen-bond donors (Lipinski definition) is 1. The smallest absolute Gasteiger partial charge is 0.225 e. The molecule has 4 unspecified atom stereocenters. The summed E-state index contributed by atoms with van der Waals surface area (Å²) in [6.45, 7) is 9.71. The fourth-order valence-corrected chi connectivity index (χ4v) is 3.94. The van der Waals surface area contributed by atoms with Gasteiger partial charge in [0.05, 0.1) is 25.0 Å². The van der Waals surface area contributed by atoms with Gasteiger partial charge in [-0.25, -0.2) is 17.1 Å². The van der Waals surface area contributed by atoms with Crippen LogP contribution in [0.25, 0.3) is 0 Å². The lowest BCUT2D eigenvalue weighted by Crippen LogP contribution is -2.46. The molecule has 1 rings (SSSR count). The van der Waals surface area contributed by atoms with Gasteiger partial charge in [0.15, 0.2) is 0 Å². The maximum atomic E-state index is 13.6. The number of rotatable bonds is 10. The molecule has 0 aromatic rings. The third kappa shape index (κ3) is 6.93. The molecule has 166 valence electrons. The summed E-state index contributed by atoms with van der Waals surface area (Å²) in [5, 5.41) is 9.62. The lowest BCUT2D eigenvalue weighted by molar-refractivity contribution is -0.138. The van der Waals surface area contributed by atoms with E-state index in [0.29, 0.717) is 12.8 Å². The van der Waals surface area contributed by atoms with E-state index >= 15 is 0 Å². The van der Waals surface area contributed by atoms with Crippen molar-refractivity contribution in [2.75, 3.05) is 32.9 Å². The highest BCUT2D eigenvalue weighted by Crippen LogP contribution is 2.35. The van der Waals surface area contributed by atoms with E-state index in [4.69, 9.17) is 4.74 Å². The Balaban J connectivity index is 2.95. The van der Waals surface area contributed by atoms with Gasteiger partial charge in [0.25, 0.3) is 0 Å². The van der Waals surface area contributed by atoms with E-state index in [2.05, 4.69) is 0 Å². The Kier molecular flexibility index (Phi) is 8.86. The number of β-amino-alcohol motifs (C(OH)–C–C–N with tert-alkyl or cyclic N) is 1. The van der Waals surface area contributed by atoms with Crippen molar-refractivity contribution >= 4 is 15.9 Å². The highest BCUT2D eigenvalue weighted by atomic mass is 32.2. The molecule has 0 bridgehead atoms. The molecule has 1 fully saturated rings. The van der Waals surface area contributed by atoms with Crippen molar-refractivity contribution in [1.29, 1.82) is 0 Å². The third-order valence-corrected chi connectivity index (χ3v) is 6.72. The van der Waals surface area contributed by atoms with Gasteiger partial charge in [-0.2, -0.15) is 0 Å². The van der Waals surface area contributed by atoms with E-state index in [1.807, 2.05) is 34.6 Å². The maximum Gasteiger partial charge on any atom is 0.225 e. The van der Waals surface area contributed by atoms with Crippen molar-refractivity contribution in [2.45, 2.75) is 71.9 Å². The number of halogens is 1. The molecule has 1 aliphatic heterocycles. The second-order valence-corrected chi connectivity index (χ2v) is 10.9. The second kappa shape index (κ2) is 9.82. The summed E-state index contributed by atoms with van der Waals surface area (Å²) in [6, 6.07) is 0. The van der Waals surface area contributed by atoms with Gasteiger partial charge in [0.1, 0.15) is 12.3 Å². The number of alkyl halides is 1. The molecule has 0 aromatic carbocycles. The van der Waals surface area contributed by atoms with Crippen LogP contribution in [0.15, 0.2) is 0 Å². The highest BCUT2D eigenvalue weighted by Gasteiger charge is 2.40. The molecule has 1 N–H and O–H groups in total. The zero-order valence-corrected chi connectivity index (χ0v) is 19.0. The first-order valence-corrected chi connectivity index (χ1v) is 11.7. The number of carbonyl (C=O) groups excluding carboxylic acids is 1. The van der Waals surface area contributed by atoms with Gasteiger partial charge >= 0.3 is 0 Å². The van der Waals surface area contributed by atoms with Crippen LogP contribution in [0.5, 0.6) is 0 Å². The highest BCUT2D eigenvalue weighted by molar-refractivity contribution is 7.88. The lowest BCUT2D eigenvalue weighted by atomic mass is 9.76. The first kappa shape index (κ1) is 25.3. The number of hydrogen-bond acceptors (Lipinski definition) is 5.